The number of rotatable bonds is 2. The molecule has 104 valence electrons. The van der Waals surface area contributed by atoms with Crippen molar-refractivity contribution in [2.75, 3.05) is 6.54 Å². The maximum atomic E-state index is 12.5. The van der Waals surface area contributed by atoms with Crippen LogP contribution >= 0.6 is 0 Å². The standard InChI is InChI=1S/C12H17N3O4/c1-6-10(7(2)14(3)13-6)11(17)15-5-8(16)4-9(15)12(18)19/h8-9,16H,4-5H2,1-3H3,(H,18,19). The number of carboxylic acids is 1. The molecule has 2 unspecified atom stereocenters. The van der Waals surface area contributed by atoms with Crippen LogP contribution in [0.15, 0.2) is 0 Å². The molecule has 0 radical (unpaired) electrons. The first-order valence-corrected chi connectivity index (χ1v) is 6.05. The Balaban J connectivity index is 2.36. The van der Waals surface area contributed by atoms with Crippen LogP contribution in [0, 0.1) is 13.8 Å². The number of hydrogen-bond donors (Lipinski definition) is 2. The molecule has 1 aliphatic heterocycles. The molecule has 0 aromatic carbocycles. The number of carbonyl (C=O) groups excluding carboxylic acids is 1. The topological polar surface area (TPSA) is 95.7 Å². The fourth-order valence-corrected chi connectivity index (χ4v) is 2.50. The van der Waals surface area contributed by atoms with E-state index in [1.165, 1.54) is 4.90 Å². The van der Waals surface area contributed by atoms with Crippen LogP contribution in [-0.2, 0) is 11.8 Å². The summed E-state index contributed by atoms with van der Waals surface area (Å²) in [5.41, 5.74) is 1.67. The fraction of sp³-hybridized carbons (Fsp3) is 0.583. The van der Waals surface area contributed by atoms with E-state index in [1.807, 2.05) is 0 Å². The molecule has 0 aliphatic carbocycles. The molecular formula is C12H17N3O4. The van der Waals surface area contributed by atoms with Crippen LogP contribution in [0.2, 0.25) is 0 Å². The first-order chi connectivity index (χ1) is 8.82. The van der Waals surface area contributed by atoms with Crippen molar-refractivity contribution in [1.29, 1.82) is 0 Å². The summed E-state index contributed by atoms with van der Waals surface area (Å²) in [5.74, 6) is -1.48. The highest BCUT2D eigenvalue weighted by molar-refractivity contribution is 5.98. The molecule has 2 atom stereocenters. The van der Waals surface area contributed by atoms with Gasteiger partial charge in [-0.25, -0.2) is 4.79 Å². The lowest BCUT2D eigenvalue weighted by Gasteiger charge is -2.21. The second-order valence-corrected chi connectivity index (χ2v) is 4.87. The Bertz CT molecular complexity index is 537. The Morgan fingerprint density at radius 2 is 2.00 bits per heavy atom. The van der Waals surface area contributed by atoms with Crippen molar-refractivity contribution in [3.63, 3.8) is 0 Å². The minimum Gasteiger partial charge on any atom is -0.480 e. The number of aromatic nitrogens is 2. The van der Waals surface area contributed by atoms with Gasteiger partial charge in [-0.05, 0) is 13.8 Å². The van der Waals surface area contributed by atoms with Crippen molar-refractivity contribution in [3.8, 4) is 0 Å². The van der Waals surface area contributed by atoms with E-state index in [0.29, 0.717) is 17.0 Å². The maximum absolute atomic E-state index is 12.5. The van der Waals surface area contributed by atoms with Gasteiger partial charge in [0.05, 0.1) is 17.4 Å². The zero-order chi connectivity index (χ0) is 14.3. The second-order valence-electron chi connectivity index (χ2n) is 4.87. The van der Waals surface area contributed by atoms with Gasteiger partial charge in [0.15, 0.2) is 0 Å². The molecule has 2 heterocycles. The largest absolute Gasteiger partial charge is 0.480 e. The molecule has 1 aromatic rings. The van der Waals surface area contributed by atoms with Gasteiger partial charge in [-0.3, -0.25) is 9.48 Å². The van der Waals surface area contributed by atoms with Crippen molar-refractivity contribution in [2.24, 2.45) is 7.05 Å². The van der Waals surface area contributed by atoms with Crippen LogP contribution in [0.4, 0.5) is 0 Å². The van der Waals surface area contributed by atoms with E-state index >= 15 is 0 Å². The molecule has 1 amide bonds. The molecule has 0 bridgehead atoms. The highest BCUT2D eigenvalue weighted by Crippen LogP contribution is 2.23. The van der Waals surface area contributed by atoms with Gasteiger partial charge in [0.25, 0.3) is 5.91 Å². The van der Waals surface area contributed by atoms with Gasteiger partial charge in [0.2, 0.25) is 0 Å². The van der Waals surface area contributed by atoms with Gasteiger partial charge < -0.3 is 15.1 Å². The molecule has 0 spiro atoms. The van der Waals surface area contributed by atoms with E-state index in [9.17, 15) is 14.7 Å². The molecule has 1 aliphatic rings. The van der Waals surface area contributed by atoms with Crippen LogP contribution in [0.25, 0.3) is 0 Å². The molecule has 1 fully saturated rings. The third kappa shape index (κ3) is 2.21. The Labute approximate surface area is 110 Å². The SMILES string of the molecule is Cc1nn(C)c(C)c1C(=O)N1CC(O)CC1C(=O)O. The Hall–Kier alpha value is -1.89. The number of nitrogens with zero attached hydrogens (tertiary/aromatic N) is 3. The molecular weight excluding hydrogens is 250 g/mol. The summed E-state index contributed by atoms with van der Waals surface area (Å²) in [7, 11) is 1.73. The maximum Gasteiger partial charge on any atom is 0.326 e. The highest BCUT2D eigenvalue weighted by atomic mass is 16.4. The van der Waals surface area contributed by atoms with E-state index in [0.717, 1.165) is 0 Å². The molecule has 1 aromatic heterocycles. The van der Waals surface area contributed by atoms with Crippen LogP contribution in [0.3, 0.4) is 0 Å². The molecule has 0 saturated carbocycles. The Morgan fingerprint density at radius 1 is 1.37 bits per heavy atom. The number of likely N-dealkylation sites (tertiary alicyclic amines) is 1. The Morgan fingerprint density at radius 3 is 2.47 bits per heavy atom. The monoisotopic (exact) mass is 267 g/mol. The lowest BCUT2D eigenvalue weighted by molar-refractivity contribution is -0.141. The third-order valence-electron chi connectivity index (χ3n) is 3.55. The van der Waals surface area contributed by atoms with Gasteiger partial charge in [0, 0.05) is 25.7 Å². The van der Waals surface area contributed by atoms with E-state index in [2.05, 4.69) is 5.10 Å². The number of aliphatic hydroxyl groups is 1. The normalized spacial score (nSPS) is 22.8. The van der Waals surface area contributed by atoms with Crippen molar-refractivity contribution in [3.05, 3.63) is 17.0 Å². The van der Waals surface area contributed by atoms with Gasteiger partial charge in [-0.1, -0.05) is 0 Å². The minimum absolute atomic E-state index is 0.0452. The average Bonchev–Trinajstić information content (AvgIpc) is 2.81. The van der Waals surface area contributed by atoms with Crippen molar-refractivity contribution in [1.82, 2.24) is 14.7 Å². The van der Waals surface area contributed by atoms with Gasteiger partial charge >= 0.3 is 5.97 Å². The summed E-state index contributed by atoms with van der Waals surface area (Å²) in [5, 5.41) is 22.8. The van der Waals surface area contributed by atoms with E-state index in [-0.39, 0.29) is 18.9 Å². The van der Waals surface area contributed by atoms with Crippen molar-refractivity contribution in [2.45, 2.75) is 32.4 Å². The van der Waals surface area contributed by atoms with E-state index in [1.54, 1.807) is 25.6 Å². The first kappa shape index (κ1) is 13.5. The number of carboxylic acid groups (broad SMARTS) is 1. The third-order valence-corrected chi connectivity index (χ3v) is 3.55. The summed E-state index contributed by atoms with van der Waals surface area (Å²) in [4.78, 5) is 24.8. The molecule has 19 heavy (non-hydrogen) atoms. The first-order valence-electron chi connectivity index (χ1n) is 6.05. The smallest absolute Gasteiger partial charge is 0.326 e. The quantitative estimate of drug-likeness (QED) is 0.766. The van der Waals surface area contributed by atoms with Gasteiger partial charge in [-0.15, -0.1) is 0 Å². The predicted molar refractivity (Wildman–Crippen MR) is 65.8 cm³/mol. The number of amides is 1. The molecule has 2 rings (SSSR count). The zero-order valence-electron chi connectivity index (χ0n) is 11.1. The lowest BCUT2D eigenvalue weighted by atomic mass is 10.1. The van der Waals surface area contributed by atoms with Crippen LogP contribution in [0.5, 0.6) is 0 Å². The number of carbonyl (C=O) groups is 2. The number of β-amino-alcohol motifs (C(OH)–C–C–N with tert-alkyl or cyclic N) is 1. The van der Waals surface area contributed by atoms with Crippen LogP contribution in [0.1, 0.15) is 28.2 Å². The van der Waals surface area contributed by atoms with Gasteiger partial charge in [0.1, 0.15) is 6.04 Å². The summed E-state index contributed by atoms with van der Waals surface area (Å²) >= 11 is 0. The number of hydrogen-bond acceptors (Lipinski definition) is 4. The van der Waals surface area contributed by atoms with Crippen LogP contribution in [-0.4, -0.2) is 55.5 Å². The van der Waals surface area contributed by atoms with E-state index < -0.39 is 18.1 Å². The summed E-state index contributed by atoms with van der Waals surface area (Å²) in [6, 6.07) is -0.971. The van der Waals surface area contributed by atoms with E-state index in [4.69, 9.17) is 5.11 Å². The lowest BCUT2D eigenvalue weighted by Crippen LogP contribution is -2.41. The van der Waals surface area contributed by atoms with Crippen molar-refractivity contribution < 1.29 is 19.8 Å². The predicted octanol–water partition coefficient (Wildman–Crippen LogP) is -0.303. The molecule has 7 nitrogen and oxygen atoms in total. The number of aliphatic carboxylic acids is 1. The average molecular weight is 267 g/mol. The van der Waals surface area contributed by atoms with Crippen molar-refractivity contribution >= 4 is 11.9 Å². The number of aryl methyl sites for hydroxylation is 2. The summed E-state index contributed by atoms with van der Waals surface area (Å²) in [6.45, 7) is 3.52. The zero-order valence-corrected chi connectivity index (χ0v) is 11.1. The van der Waals surface area contributed by atoms with Gasteiger partial charge in [-0.2, -0.15) is 5.10 Å². The fourth-order valence-electron chi connectivity index (χ4n) is 2.50. The number of aliphatic hydroxyl groups excluding tert-OH is 1. The molecule has 1 saturated heterocycles. The summed E-state index contributed by atoms with van der Waals surface area (Å²) < 4.78 is 1.59. The minimum atomic E-state index is -1.09. The van der Waals surface area contributed by atoms with Crippen LogP contribution < -0.4 is 0 Å². The molecule has 7 heteroatoms. The second kappa shape index (κ2) is 4.65. The highest BCUT2D eigenvalue weighted by Gasteiger charge is 2.40. The summed E-state index contributed by atoms with van der Waals surface area (Å²) in [6.07, 6.45) is -0.721. The Kier molecular flexibility index (Phi) is 3.32. The molecule has 2 N–H and O–H groups in total.